The van der Waals surface area contributed by atoms with Crippen LogP contribution in [0.15, 0.2) is 36.4 Å². The first-order chi connectivity index (χ1) is 8.97. The highest BCUT2D eigenvalue weighted by Gasteiger charge is 2.14. The molecule has 0 saturated carbocycles. The van der Waals surface area contributed by atoms with Gasteiger partial charge >= 0.3 is 0 Å². The van der Waals surface area contributed by atoms with E-state index in [1.54, 1.807) is 0 Å². The summed E-state index contributed by atoms with van der Waals surface area (Å²) in [7, 11) is 0. The molecule has 2 rings (SSSR count). The van der Waals surface area contributed by atoms with Gasteiger partial charge in [-0.15, -0.1) is 0 Å². The summed E-state index contributed by atoms with van der Waals surface area (Å²) < 4.78 is 39.3. The van der Waals surface area contributed by atoms with Gasteiger partial charge in [-0.1, -0.05) is 11.6 Å². The van der Waals surface area contributed by atoms with Gasteiger partial charge in [0, 0.05) is 22.0 Å². The normalized spacial score (nSPS) is 10.8. The van der Waals surface area contributed by atoms with Gasteiger partial charge in [-0.25, -0.2) is 13.2 Å². The van der Waals surface area contributed by atoms with Gasteiger partial charge in [0.1, 0.15) is 5.82 Å². The summed E-state index contributed by atoms with van der Waals surface area (Å²) in [5.41, 5.74) is 5.49. The number of rotatable bonds is 3. The Bertz CT molecular complexity index is 602. The summed E-state index contributed by atoms with van der Waals surface area (Å²) in [6.07, 6.45) is -2.71. The molecular weight excluding hydrogens is 277 g/mol. The minimum atomic E-state index is -2.71. The Hall–Kier alpha value is -1.88. The topological polar surface area (TPSA) is 38.0 Å². The molecule has 0 amide bonds. The predicted octanol–water partition coefficient (Wildman–Crippen LogP) is 4.74. The smallest absolute Gasteiger partial charge is 0.265 e. The van der Waals surface area contributed by atoms with Crippen LogP contribution in [0.4, 0.5) is 30.2 Å². The van der Waals surface area contributed by atoms with Crippen molar-refractivity contribution >= 4 is 28.7 Å². The number of anilines is 3. The molecule has 0 atom stereocenters. The van der Waals surface area contributed by atoms with Crippen LogP contribution in [0.1, 0.15) is 12.0 Å². The lowest BCUT2D eigenvalue weighted by atomic mass is 10.1. The summed E-state index contributed by atoms with van der Waals surface area (Å²) in [6.45, 7) is 0. The lowest BCUT2D eigenvalue weighted by molar-refractivity contribution is 0.152. The third-order valence-corrected chi connectivity index (χ3v) is 2.74. The molecule has 0 bridgehead atoms. The average Bonchev–Trinajstić information content (AvgIpc) is 2.35. The molecular formula is C13H10ClF3N2. The van der Waals surface area contributed by atoms with Crippen LogP contribution in [0.5, 0.6) is 0 Å². The first-order valence-electron chi connectivity index (χ1n) is 5.37. The number of hydrogen-bond donors (Lipinski definition) is 2. The zero-order chi connectivity index (χ0) is 14.0. The van der Waals surface area contributed by atoms with E-state index < -0.39 is 12.2 Å². The molecule has 0 aliphatic heterocycles. The van der Waals surface area contributed by atoms with Crippen molar-refractivity contribution in [2.45, 2.75) is 6.43 Å². The second kappa shape index (κ2) is 5.40. The Labute approximate surface area is 113 Å². The molecule has 0 spiro atoms. The molecule has 0 aromatic heterocycles. The van der Waals surface area contributed by atoms with Gasteiger partial charge < -0.3 is 11.1 Å². The third-order valence-electron chi connectivity index (χ3n) is 2.51. The lowest BCUT2D eigenvalue weighted by Crippen LogP contribution is -2.00. The van der Waals surface area contributed by atoms with Crippen LogP contribution >= 0.6 is 11.6 Å². The van der Waals surface area contributed by atoms with Gasteiger partial charge in [-0.3, -0.25) is 0 Å². The van der Waals surface area contributed by atoms with Crippen molar-refractivity contribution in [1.82, 2.24) is 0 Å². The first kappa shape index (κ1) is 13.5. The van der Waals surface area contributed by atoms with Crippen LogP contribution in [-0.4, -0.2) is 0 Å². The van der Waals surface area contributed by atoms with Crippen molar-refractivity contribution in [2.75, 3.05) is 11.1 Å². The van der Waals surface area contributed by atoms with Crippen molar-refractivity contribution < 1.29 is 13.2 Å². The average molecular weight is 287 g/mol. The Morgan fingerprint density at radius 1 is 1.05 bits per heavy atom. The first-order valence-corrected chi connectivity index (χ1v) is 5.75. The summed E-state index contributed by atoms with van der Waals surface area (Å²) >= 11 is 5.74. The highest BCUT2D eigenvalue weighted by Crippen LogP contribution is 2.32. The van der Waals surface area contributed by atoms with Gasteiger partial charge in [-0.05, 0) is 36.4 Å². The molecule has 0 saturated heterocycles. The molecule has 0 unspecified atom stereocenters. The van der Waals surface area contributed by atoms with E-state index in [2.05, 4.69) is 5.32 Å². The van der Waals surface area contributed by atoms with Gasteiger partial charge in [-0.2, -0.15) is 0 Å². The summed E-state index contributed by atoms with van der Waals surface area (Å²) in [4.78, 5) is 0. The number of nitrogens with two attached hydrogens (primary N) is 1. The standard InChI is InChI=1S/C13H10ClF3N2/c14-7-1-3-10(15)12(5-7)19-11-4-2-8(18)6-9(11)13(16)17/h1-6,13,19H,18H2. The van der Waals surface area contributed by atoms with Crippen LogP contribution in [0.2, 0.25) is 5.02 Å². The largest absolute Gasteiger partial charge is 0.399 e. The predicted molar refractivity (Wildman–Crippen MR) is 70.5 cm³/mol. The SMILES string of the molecule is Nc1ccc(Nc2cc(Cl)ccc2F)c(C(F)F)c1. The minimum absolute atomic E-state index is 0.0270. The summed E-state index contributed by atoms with van der Waals surface area (Å²) in [6, 6.07) is 7.83. The van der Waals surface area contributed by atoms with Crippen LogP contribution < -0.4 is 11.1 Å². The number of nitrogen functional groups attached to an aromatic ring is 1. The van der Waals surface area contributed by atoms with Crippen molar-refractivity contribution in [3.8, 4) is 0 Å². The third kappa shape index (κ3) is 3.12. The fourth-order valence-electron chi connectivity index (χ4n) is 1.61. The molecule has 0 radical (unpaired) electrons. The van der Waals surface area contributed by atoms with Crippen LogP contribution in [0.3, 0.4) is 0 Å². The number of nitrogens with one attached hydrogen (secondary N) is 1. The molecule has 0 aliphatic carbocycles. The van der Waals surface area contributed by atoms with Crippen molar-refractivity contribution in [3.05, 3.63) is 52.8 Å². The maximum absolute atomic E-state index is 13.5. The van der Waals surface area contributed by atoms with Crippen molar-refractivity contribution in [1.29, 1.82) is 0 Å². The molecule has 0 heterocycles. The lowest BCUT2D eigenvalue weighted by Gasteiger charge is -2.13. The quantitative estimate of drug-likeness (QED) is 0.800. The van der Waals surface area contributed by atoms with E-state index in [0.717, 1.165) is 12.1 Å². The Morgan fingerprint density at radius 3 is 2.47 bits per heavy atom. The Kier molecular flexibility index (Phi) is 3.85. The van der Waals surface area contributed by atoms with Gasteiger partial charge in [0.15, 0.2) is 0 Å². The highest BCUT2D eigenvalue weighted by atomic mass is 35.5. The molecule has 19 heavy (non-hydrogen) atoms. The van der Waals surface area contributed by atoms with Gasteiger partial charge in [0.05, 0.1) is 5.69 Å². The highest BCUT2D eigenvalue weighted by molar-refractivity contribution is 6.30. The molecule has 3 N–H and O–H groups in total. The van der Waals surface area contributed by atoms with Gasteiger partial charge in [0.25, 0.3) is 6.43 Å². The van der Waals surface area contributed by atoms with Crippen molar-refractivity contribution in [3.63, 3.8) is 0 Å². The summed E-state index contributed by atoms with van der Waals surface area (Å²) in [5.74, 6) is -0.582. The minimum Gasteiger partial charge on any atom is -0.399 e. The zero-order valence-corrected chi connectivity index (χ0v) is 10.4. The maximum atomic E-state index is 13.5. The second-order valence-corrected chi connectivity index (χ2v) is 4.33. The van der Waals surface area contributed by atoms with Crippen molar-refractivity contribution in [2.24, 2.45) is 0 Å². The molecule has 0 fully saturated rings. The van der Waals surface area contributed by atoms with E-state index in [1.165, 1.54) is 24.3 Å². The number of halogens is 4. The summed E-state index contributed by atoms with van der Waals surface area (Å²) in [5, 5.41) is 2.90. The number of alkyl halides is 2. The monoisotopic (exact) mass is 286 g/mol. The fourth-order valence-corrected chi connectivity index (χ4v) is 1.79. The molecule has 2 aromatic carbocycles. The molecule has 6 heteroatoms. The van der Waals surface area contributed by atoms with E-state index in [0.29, 0.717) is 5.02 Å². The fraction of sp³-hybridized carbons (Fsp3) is 0.0769. The maximum Gasteiger partial charge on any atom is 0.265 e. The van der Waals surface area contributed by atoms with Crippen LogP contribution in [0, 0.1) is 5.82 Å². The van der Waals surface area contributed by atoms with E-state index in [-0.39, 0.29) is 22.6 Å². The number of hydrogen-bond acceptors (Lipinski definition) is 2. The molecule has 0 aliphatic rings. The van der Waals surface area contributed by atoms with E-state index in [9.17, 15) is 13.2 Å². The van der Waals surface area contributed by atoms with Crippen LogP contribution in [0.25, 0.3) is 0 Å². The number of benzene rings is 2. The molecule has 2 aromatic rings. The van der Waals surface area contributed by atoms with Gasteiger partial charge in [0.2, 0.25) is 0 Å². The molecule has 100 valence electrons. The Balaban J connectivity index is 2.40. The second-order valence-electron chi connectivity index (χ2n) is 3.90. The van der Waals surface area contributed by atoms with E-state index in [4.69, 9.17) is 17.3 Å². The van der Waals surface area contributed by atoms with Crippen LogP contribution in [-0.2, 0) is 0 Å². The van der Waals surface area contributed by atoms with E-state index >= 15 is 0 Å². The Morgan fingerprint density at radius 2 is 1.79 bits per heavy atom. The molecule has 2 nitrogen and oxygen atoms in total. The zero-order valence-electron chi connectivity index (χ0n) is 9.63. The van der Waals surface area contributed by atoms with E-state index in [1.807, 2.05) is 0 Å².